The Morgan fingerprint density at radius 1 is 1.53 bits per heavy atom. The van der Waals surface area contributed by atoms with Gasteiger partial charge in [-0.15, -0.1) is 0 Å². The Morgan fingerprint density at radius 2 is 2.24 bits per heavy atom. The van der Waals surface area contributed by atoms with E-state index in [-0.39, 0.29) is 11.9 Å². The van der Waals surface area contributed by atoms with Crippen molar-refractivity contribution in [2.75, 3.05) is 33.9 Å². The van der Waals surface area contributed by atoms with Crippen molar-refractivity contribution in [3.8, 4) is 0 Å². The number of ether oxygens (including phenoxy) is 2. The molecule has 0 spiro atoms. The van der Waals surface area contributed by atoms with Gasteiger partial charge in [0.1, 0.15) is 6.04 Å². The van der Waals surface area contributed by atoms with Gasteiger partial charge in [0, 0.05) is 24.5 Å². The molecule has 0 aliphatic heterocycles. The van der Waals surface area contributed by atoms with Crippen LogP contribution in [-0.4, -0.2) is 45.9 Å². The molecular formula is C10H20N4O3. The Labute approximate surface area is 101 Å². The summed E-state index contributed by atoms with van der Waals surface area (Å²) in [6.07, 6.45) is 0.678. The maximum absolute atomic E-state index is 11.5. The first kappa shape index (κ1) is 15.7. The molecule has 0 aromatic heterocycles. The van der Waals surface area contributed by atoms with Crippen LogP contribution in [0.3, 0.4) is 0 Å². The van der Waals surface area contributed by atoms with Gasteiger partial charge in [0.15, 0.2) is 0 Å². The molecule has 0 amide bonds. The highest BCUT2D eigenvalue weighted by Crippen LogP contribution is 2.05. The first-order valence-electron chi connectivity index (χ1n) is 5.48. The summed E-state index contributed by atoms with van der Waals surface area (Å²) in [4.78, 5) is 14.2. The summed E-state index contributed by atoms with van der Waals surface area (Å²) >= 11 is 0. The molecule has 2 atom stereocenters. The zero-order valence-corrected chi connectivity index (χ0v) is 10.5. The molecule has 0 radical (unpaired) electrons. The van der Waals surface area contributed by atoms with Gasteiger partial charge < -0.3 is 14.8 Å². The summed E-state index contributed by atoms with van der Waals surface area (Å²) in [5.41, 5.74) is 8.11. The van der Waals surface area contributed by atoms with Crippen LogP contribution in [0.15, 0.2) is 5.11 Å². The third-order valence-electron chi connectivity index (χ3n) is 2.32. The van der Waals surface area contributed by atoms with E-state index in [9.17, 15) is 4.79 Å². The topological polar surface area (TPSA) is 96.3 Å². The van der Waals surface area contributed by atoms with Crippen molar-refractivity contribution < 1.29 is 14.3 Å². The molecule has 0 saturated carbocycles. The van der Waals surface area contributed by atoms with E-state index < -0.39 is 6.04 Å². The predicted octanol–water partition coefficient (Wildman–Crippen LogP) is 1.10. The standard InChI is InChI=1S/C10H20N4O3/c1-8(7-16-2)9(10(15)17-3)12-5-4-6-13-14-11/h8-9,12H,4-7H2,1-3H3. The summed E-state index contributed by atoms with van der Waals surface area (Å²) < 4.78 is 9.73. The van der Waals surface area contributed by atoms with Crippen LogP contribution in [-0.2, 0) is 14.3 Å². The van der Waals surface area contributed by atoms with Gasteiger partial charge >= 0.3 is 5.97 Å². The number of hydrogen-bond acceptors (Lipinski definition) is 5. The van der Waals surface area contributed by atoms with Crippen LogP contribution in [0.5, 0.6) is 0 Å². The van der Waals surface area contributed by atoms with Crippen LogP contribution in [0.25, 0.3) is 10.4 Å². The molecule has 0 saturated heterocycles. The summed E-state index contributed by atoms with van der Waals surface area (Å²) in [5, 5.41) is 6.49. The summed E-state index contributed by atoms with van der Waals surface area (Å²) in [6.45, 7) is 3.39. The fourth-order valence-corrected chi connectivity index (χ4v) is 1.45. The van der Waals surface area contributed by atoms with Gasteiger partial charge in [-0.3, -0.25) is 4.79 Å². The second-order valence-corrected chi connectivity index (χ2v) is 3.70. The molecule has 0 aliphatic rings. The van der Waals surface area contributed by atoms with E-state index in [0.717, 1.165) is 0 Å². The smallest absolute Gasteiger partial charge is 0.323 e. The lowest BCUT2D eigenvalue weighted by Gasteiger charge is -2.22. The second-order valence-electron chi connectivity index (χ2n) is 3.70. The molecule has 0 heterocycles. The Bertz CT molecular complexity index is 266. The average molecular weight is 244 g/mol. The first-order chi connectivity index (χ1) is 8.17. The van der Waals surface area contributed by atoms with E-state index in [1.54, 1.807) is 7.11 Å². The molecule has 0 fully saturated rings. The minimum atomic E-state index is -0.397. The van der Waals surface area contributed by atoms with E-state index in [1.807, 2.05) is 6.92 Å². The number of hydrogen-bond donors (Lipinski definition) is 1. The van der Waals surface area contributed by atoms with Gasteiger partial charge in [0.05, 0.1) is 13.7 Å². The number of rotatable bonds is 9. The quantitative estimate of drug-likeness (QED) is 0.216. The lowest BCUT2D eigenvalue weighted by molar-refractivity contribution is -0.145. The van der Waals surface area contributed by atoms with E-state index in [2.05, 4.69) is 15.3 Å². The largest absolute Gasteiger partial charge is 0.468 e. The number of esters is 1. The molecule has 17 heavy (non-hydrogen) atoms. The van der Waals surface area contributed by atoms with Gasteiger partial charge in [-0.25, -0.2) is 0 Å². The van der Waals surface area contributed by atoms with E-state index in [4.69, 9.17) is 15.0 Å². The minimum absolute atomic E-state index is 0.0203. The zero-order valence-electron chi connectivity index (χ0n) is 10.5. The van der Waals surface area contributed by atoms with Gasteiger partial charge in [0.2, 0.25) is 0 Å². The van der Waals surface area contributed by atoms with E-state index in [0.29, 0.717) is 26.1 Å². The van der Waals surface area contributed by atoms with Crippen molar-refractivity contribution >= 4 is 5.97 Å². The minimum Gasteiger partial charge on any atom is -0.468 e. The molecule has 0 aromatic carbocycles. The van der Waals surface area contributed by atoms with Crippen LogP contribution < -0.4 is 5.32 Å². The first-order valence-corrected chi connectivity index (χ1v) is 5.48. The summed E-state index contributed by atoms with van der Waals surface area (Å²) in [6, 6.07) is -0.397. The fraction of sp³-hybridized carbons (Fsp3) is 0.900. The third-order valence-corrected chi connectivity index (χ3v) is 2.32. The van der Waals surface area contributed by atoms with Crippen molar-refractivity contribution in [1.82, 2.24) is 5.32 Å². The van der Waals surface area contributed by atoms with Gasteiger partial charge in [-0.05, 0) is 18.5 Å². The Hall–Kier alpha value is -1.30. The summed E-state index contributed by atoms with van der Waals surface area (Å²) in [7, 11) is 2.95. The van der Waals surface area contributed by atoms with Crippen molar-refractivity contribution in [2.45, 2.75) is 19.4 Å². The Morgan fingerprint density at radius 3 is 2.76 bits per heavy atom. The molecule has 0 aliphatic carbocycles. The number of carbonyl (C=O) groups is 1. The number of carbonyl (C=O) groups excluding carboxylic acids is 1. The van der Waals surface area contributed by atoms with Crippen LogP contribution in [0.4, 0.5) is 0 Å². The molecule has 0 rings (SSSR count). The SMILES string of the molecule is COCC(C)C(NCCCN=[N+]=[N-])C(=O)OC. The second kappa shape index (κ2) is 9.89. The lowest BCUT2D eigenvalue weighted by Crippen LogP contribution is -2.44. The fourth-order valence-electron chi connectivity index (χ4n) is 1.45. The average Bonchev–Trinajstić information content (AvgIpc) is 2.33. The van der Waals surface area contributed by atoms with E-state index in [1.165, 1.54) is 7.11 Å². The van der Waals surface area contributed by atoms with Crippen LogP contribution in [0.2, 0.25) is 0 Å². The molecule has 7 heteroatoms. The van der Waals surface area contributed by atoms with Crippen LogP contribution >= 0.6 is 0 Å². The molecule has 98 valence electrons. The van der Waals surface area contributed by atoms with Gasteiger partial charge in [-0.1, -0.05) is 12.0 Å². The molecule has 7 nitrogen and oxygen atoms in total. The highest BCUT2D eigenvalue weighted by atomic mass is 16.5. The van der Waals surface area contributed by atoms with Crippen molar-refractivity contribution in [1.29, 1.82) is 0 Å². The highest BCUT2D eigenvalue weighted by Gasteiger charge is 2.24. The predicted molar refractivity (Wildman–Crippen MR) is 63.5 cm³/mol. The van der Waals surface area contributed by atoms with E-state index >= 15 is 0 Å². The van der Waals surface area contributed by atoms with Gasteiger partial charge in [-0.2, -0.15) is 0 Å². The normalized spacial score (nSPS) is 13.6. The lowest BCUT2D eigenvalue weighted by atomic mass is 10.0. The third kappa shape index (κ3) is 6.78. The maximum atomic E-state index is 11.5. The number of nitrogens with one attached hydrogen (secondary N) is 1. The number of azide groups is 1. The molecule has 2 unspecified atom stereocenters. The van der Waals surface area contributed by atoms with Gasteiger partial charge in [0.25, 0.3) is 0 Å². The Balaban J connectivity index is 4.10. The van der Waals surface area contributed by atoms with Crippen LogP contribution in [0.1, 0.15) is 13.3 Å². The van der Waals surface area contributed by atoms with Crippen LogP contribution in [0, 0.1) is 5.92 Å². The maximum Gasteiger partial charge on any atom is 0.323 e. The Kier molecular flexibility index (Phi) is 9.14. The highest BCUT2D eigenvalue weighted by molar-refractivity contribution is 5.76. The zero-order chi connectivity index (χ0) is 13.1. The van der Waals surface area contributed by atoms with Crippen molar-refractivity contribution in [2.24, 2.45) is 11.0 Å². The summed E-state index contributed by atoms with van der Waals surface area (Å²) in [5.74, 6) is -0.287. The molecule has 0 bridgehead atoms. The van der Waals surface area contributed by atoms with Crippen molar-refractivity contribution in [3.05, 3.63) is 10.4 Å². The molecular weight excluding hydrogens is 224 g/mol. The monoisotopic (exact) mass is 244 g/mol. The molecule has 1 N–H and O–H groups in total. The number of nitrogens with zero attached hydrogens (tertiary/aromatic N) is 3. The van der Waals surface area contributed by atoms with Crippen molar-refractivity contribution in [3.63, 3.8) is 0 Å². The molecule has 0 aromatic rings. The number of methoxy groups -OCH3 is 2.